The van der Waals surface area contributed by atoms with Gasteiger partial charge in [-0.2, -0.15) is 0 Å². The molecule has 0 heterocycles. The first-order valence-corrected chi connectivity index (χ1v) is 8.12. The van der Waals surface area contributed by atoms with Crippen LogP contribution in [0.1, 0.15) is 23.1 Å². The Hall–Kier alpha value is -3.20. The summed E-state index contributed by atoms with van der Waals surface area (Å²) in [5, 5.41) is 13.0. The number of fused-ring (bicyclic) bond motifs is 2. The van der Waals surface area contributed by atoms with Crippen LogP contribution in [0, 0.1) is 0 Å². The predicted octanol–water partition coefficient (Wildman–Crippen LogP) is 4.31. The van der Waals surface area contributed by atoms with E-state index in [-0.39, 0.29) is 12.2 Å². The van der Waals surface area contributed by atoms with Crippen LogP contribution >= 0.6 is 0 Å². The highest BCUT2D eigenvalue weighted by Crippen LogP contribution is 2.44. The van der Waals surface area contributed by atoms with Gasteiger partial charge >= 0.3 is 0 Å². The smallest absolute Gasteiger partial charge is 0.138 e. The molecule has 0 aromatic heterocycles. The number of carbonyl (C=O) groups excluding carboxylic acids is 2. The maximum atomic E-state index is 11.8. The summed E-state index contributed by atoms with van der Waals surface area (Å²) in [7, 11) is 0. The number of aliphatic hydroxyl groups is 1. The Morgan fingerprint density at radius 3 is 2.28 bits per heavy atom. The van der Waals surface area contributed by atoms with Crippen molar-refractivity contribution in [3.8, 4) is 0 Å². The molecule has 1 aliphatic carbocycles. The predicted molar refractivity (Wildman–Crippen MR) is 98.3 cm³/mol. The summed E-state index contributed by atoms with van der Waals surface area (Å²) < 4.78 is 0. The highest BCUT2D eigenvalue weighted by molar-refractivity contribution is 6.03. The molecule has 0 bridgehead atoms. The number of benzene rings is 3. The van der Waals surface area contributed by atoms with Crippen LogP contribution in [0.25, 0.3) is 22.1 Å². The molecule has 1 aliphatic rings. The summed E-state index contributed by atoms with van der Waals surface area (Å²) in [5.74, 6) is 0.130. The van der Waals surface area contributed by atoms with E-state index in [1.165, 1.54) is 0 Å². The second-order valence-corrected chi connectivity index (χ2v) is 6.39. The van der Waals surface area contributed by atoms with E-state index in [9.17, 15) is 14.7 Å². The van der Waals surface area contributed by atoms with Gasteiger partial charge in [-0.1, -0.05) is 60.7 Å². The largest absolute Gasteiger partial charge is 0.507 e. The monoisotopic (exact) mass is 328 g/mol. The topological polar surface area (TPSA) is 54.4 Å². The molecule has 0 atom stereocenters. The van der Waals surface area contributed by atoms with Crippen LogP contribution < -0.4 is 0 Å². The fourth-order valence-electron chi connectivity index (χ4n) is 3.58. The Bertz CT molecular complexity index is 1020. The standard InChI is InChI=1S/C22H16O3/c23-13-22(14-24)12-19(21(25)18-7-3-4-8-20(18)22)17-10-9-15-5-1-2-6-16(15)11-17/h1-11,13-14,25H,12H2. The highest BCUT2D eigenvalue weighted by Gasteiger charge is 2.40. The SMILES string of the molecule is O=CC1(C=O)CC(c2ccc3ccccc3c2)=C(O)c2ccccc21. The Kier molecular flexibility index (Phi) is 3.50. The summed E-state index contributed by atoms with van der Waals surface area (Å²) in [6, 6.07) is 20.9. The minimum absolute atomic E-state index is 0.130. The second-order valence-electron chi connectivity index (χ2n) is 6.39. The number of aldehydes is 2. The quantitative estimate of drug-likeness (QED) is 0.576. The lowest BCUT2D eigenvalue weighted by Gasteiger charge is -2.31. The zero-order valence-corrected chi connectivity index (χ0v) is 13.5. The van der Waals surface area contributed by atoms with Gasteiger partial charge in [-0.05, 0) is 34.4 Å². The van der Waals surface area contributed by atoms with Crippen molar-refractivity contribution in [2.45, 2.75) is 11.8 Å². The Morgan fingerprint density at radius 2 is 1.52 bits per heavy atom. The van der Waals surface area contributed by atoms with Crippen LogP contribution in [0.4, 0.5) is 0 Å². The van der Waals surface area contributed by atoms with Crippen LogP contribution in [0.2, 0.25) is 0 Å². The van der Waals surface area contributed by atoms with Crippen molar-refractivity contribution < 1.29 is 14.7 Å². The molecule has 3 aromatic carbocycles. The molecule has 0 saturated heterocycles. The first-order chi connectivity index (χ1) is 12.2. The third-order valence-corrected chi connectivity index (χ3v) is 4.96. The maximum Gasteiger partial charge on any atom is 0.138 e. The van der Waals surface area contributed by atoms with Gasteiger partial charge in [-0.15, -0.1) is 0 Å². The second kappa shape index (κ2) is 5.71. The van der Waals surface area contributed by atoms with Crippen molar-refractivity contribution in [3.63, 3.8) is 0 Å². The molecule has 0 spiro atoms. The van der Waals surface area contributed by atoms with Crippen LogP contribution in [0.5, 0.6) is 0 Å². The molecule has 0 aliphatic heterocycles. The molecular formula is C22H16O3. The van der Waals surface area contributed by atoms with E-state index >= 15 is 0 Å². The minimum Gasteiger partial charge on any atom is -0.507 e. The molecule has 25 heavy (non-hydrogen) atoms. The van der Waals surface area contributed by atoms with Gasteiger partial charge in [0, 0.05) is 11.1 Å². The normalized spacial score (nSPS) is 15.7. The molecule has 3 aromatic rings. The average molecular weight is 328 g/mol. The first kappa shape index (κ1) is 15.3. The lowest BCUT2D eigenvalue weighted by molar-refractivity contribution is -0.121. The van der Waals surface area contributed by atoms with E-state index in [1.54, 1.807) is 24.3 Å². The van der Waals surface area contributed by atoms with Gasteiger partial charge in [0.25, 0.3) is 0 Å². The molecular weight excluding hydrogens is 312 g/mol. The summed E-state index contributed by atoms with van der Waals surface area (Å²) in [6.07, 6.45) is 1.53. The van der Waals surface area contributed by atoms with E-state index in [0.29, 0.717) is 29.3 Å². The van der Waals surface area contributed by atoms with Gasteiger partial charge in [-0.3, -0.25) is 0 Å². The number of hydrogen-bond donors (Lipinski definition) is 1. The van der Waals surface area contributed by atoms with Crippen LogP contribution in [0.15, 0.2) is 66.7 Å². The van der Waals surface area contributed by atoms with Crippen molar-refractivity contribution >= 4 is 34.7 Å². The van der Waals surface area contributed by atoms with E-state index in [4.69, 9.17) is 0 Å². The fraction of sp³-hybridized carbons (Fsp3) is 0.0909. The van der Waals surface area contributed by atoms with Crippen LogP contribution in [0.3, 0.4) is 0 Å². The highest BCUT2D eigenvalue weighted by atomic mass is 16.3. The van der Waals surface area contributed by atoms with Gasteiger partial charge in [0.2, 0.25) is 0 Å². The van der Waals surface area contributed by atoms with Gasteiger partial charge < -0.3 is 14.7 Å². The summed E-state index contributed by atoms with van der Waals surface area (Å²) >= 11 is 0. The van der Waals surface area contributed by atoms with Gasteiger partial charge in [0.1, 0.15) is 23.7 Å². The molecule has 3 heteroatoms. The molecule has 3 nitrogen and oxygen atoms in total. The first-order valence-electron chi connectivity index (χ1n) is 8.12. The number of hydrogen-bond acceptors (Lipinski definition) is 3. The van der Waals surface area contributed by atoms with Crippen molar-refractivity contribution in [3.05, 3.63) is 83.4 Å². The van der Waals surface area contributed by atoms with Gasteiger partial charge in [0.05, 0.1) is 0 Å². The Balaban J connectivity index is 1.97. The molecule has 1 N–H and O–H groups in total. The Labute approximate surface area is 145 Å². The summed E-state index contributed by atoms with van der Waals surface area (Å²) in [5.41, 5.74) is 1.27. The molecule has 4 rings (SSSR count). The Morgan fingerprint density at radius 1 is 0.840 bits per heavy atom. The van der Waals surface area contributed by atoms with E-state index in [2.05, 4.69) is 0 Å². The maximum absolute atomic E-state index is 11.8. The van der Waals surface area contributed by atoms with Crippen molar-refractivity contribution in [2.24, 2.45) is 0 Å². The van der Waals surface area contributed by atoms with Crippen LogP contribution in [-0.4, -0.2) is 17.7 Å². The van der Waals surface area contributed by atoms with E-state index in [1.807, 2.05) is 42.5 Å². The zero-order valence-electron chi connectivity index (χ0n) is 13.5. The van der Waals surface area contributed by atoms with Crippen molar-refractivity contribution in [1.29, 1.82) is 0 Å². The summed E-state index contributed by atoms with van der Waals surface area (Å²) in [6.45, 7) is 0. The third-order valence-electron chi connectivity index (χ3n) is 4.96. The van der Waals surface area contributed by atoms with Gasteiger partial charge in [0.15, 0.2) is 0 Å². The molecule has 122 valence electrons. The lowest BCUT2D eigenvalue weighted by atomic mass is 9.70. The number of allylic oxidation sites excluding steroid dienone is 1. The van der Waals surface area contributed by atoms with E-state index < -0.39 is 5.41 Å². The lowest BCUT2D eigenvalue weighted by Crippen LogP contribution is -2.34. The van der Waals surface area contributed by atoms with Crippen molar-refractivity contribution in [1.82, 2.24) is 0 Å². The number of aliphatic hydroxyl groups excluding tert-OH is 1. The molecule has 0 amide bonds. The van der Waals surface area contributed by atoms with Crippen LogP contribution in [-0.2, 0) is 15.0 Å². The fourth-order valence-corrected chi connectivity index (χ4v) is 3.58. The molecule has 0 radical (unpaired) electrons. The van der Waals surface area contributed by atoms with Gasteiger partial charge in [-0.25, -0.2) is 0 Å². The number of rotatable bonds is 3. The van der Waals surface area contributed by atoms with E-state index in [0.717, 1.165) is 16.3 Å². The average Bonchev–Trinajstić information content (AvgIpc) is 2.68. The number of carbonyl (C=O) groups is 2. The molecule has 0 fully saturated rings. The molecule has 0 saturated carbocycles. The van der Waals surface area contributed by atoms with Crippen molar-refractivity contribution in [2.75, 3.05) is 0 Å². The third kappa shape index (κ3) is 2.28. The summed E-state index contributed by atoms with van der Waals surface area (Å²) in [4.78, 5) is 23.7. The minimum atomic E-state index is -1.26. The zero-order chi connectivity index (χ0) is 17.4. The molecule has 0 unspecified atom stereocenters.